The third-order valence-electron chi connectivity index (χ3n) is 3.23. The number of morpholine rings is 1. The average Bonchev–Trinajstić information content (AvgIpc) is 2.46. The van der Waals surface area contributed by atoms with Gasteiger partial charge in [-0.1, -0.05) is 12.1 Å². The van der Waals surface area contributed by atoms with Crippen molar-refractivity contribution in [3.8, 4) is 5.75 Å². The Balaban J connectivity index is 0.00000200. The maximum atomic E-state index is 11.9. The van der Waals surface area contributed by atoms with Gasteiger partial charge in [0.15, 0.2) is 0 Å². The summed E-state index contributed by atoms with van der Waals surface area (Å²) in [5.74, 6) is 0.757. The molecule has 0 saturated carbocycles. The van der Waals surface area contributed by atoms with E-state index in [0.717, 1.165) is 11.3 Å². The minimum atomic E-state index is -0.468. The van der Waals surface area contributed by atoms with Gasteiger partial charge in [0, 0.05) is 6.54 Å². The van der Waals surface area contributed by atoms with Crippen LogP contribution in [-0.2, 0) is 9.53 Å². The van der Waals surface area contributed by atoms with E-state index in [0.29, 0.717) is 19.7 Å². The van der Waals surface area contributed by atoms with Crippen LogP contribution in [0.3, 0.4) is 0 Å². The number of carbonyl (C=O) groups is 1. The SMILES string of the molecule is COc1cccc(C2CN(C(=O)C(C)N)CCO2)c1.Cl. The van der Waals surface area contributed by atoms with Crippen LogP contribution in [0.25, 0.3) is 0 Å². The van der Waals surface area contributed by atoms with Gasteiger partial charge < -0.3 is 20.1 Å². The third-order valence-corrected chi connectivity index (χ3v) is 3.23. The van der Waals surface area contributed by atoms with Gasteiger partial charge in [-0.15, -0.1) is 12.4 Å². The van der Waals surface area contributed by atoms with Crippen LogP contribution in [0.2, 0.25) is 0 Å². The Morgan fingerprint density at radius 1 is 1.55 bits per heavy atom. The van der Waals surface area contributed by atoms with Crippen molar-refractivity contribution in [1.82, 2.24) is 4.90 Å². The summed E-state index contributed by atoms with van der Waals surface area (Å²) in [7, 11) is 1.63. The Labute approximate surface area is 125 Å². The smallest absolute Gasteiger partial charge is 0.239 e. The van der Waals surface area contributed by atoms with Crippen molar-refractivity contribution in [2.24, 2.45) is 5.73 Å². The minimum absolute atomic E-state index is 0. The molecule has 1 aromatic carbocycles. The van der Waals surface area contributed by atoms with E-state index in [4.69, 9.17) is 15.2 Å². The molecule has 2 rings (SSSR count). The Bertz CT molecular complexity index is 454. The van der Waals surface area contributed by atoms with Gasteiger partial charge >= 0.3 is 0 Å². The summed E-state index contributed by atoms with van der Waals surface area (Å²) in [6, 6.07) is 7.25. The quantitative estimate of drug-likeness (QED) is 0.915. The molecule has 0 bridgehead atoms. The Morgan fingerprint density at radius 2 is 2.30 bits per heavy atom. The van der Waals surface area contributed by atoms with Crippen LogP contribution in [-0.4, -0.2) is 43.7 Å². The molecule has 0 radical (unpaired) electrons. The molecule has 1 aliphatic heterocycles. The Kier molecular flexibility index (Phi) is 6.26. The number of nitrogens with two attached hydrogens (primary N) is 1. The first-order valence-electron chi connectivity index (χ1n) is 6.41. The van der Waals surface area contributed by atoms with Gasteiger partial charge in [-0.2, -0.15) is 0 Å². The fourth-order valence-electron chi connectivity index (χ4n) is 2.18. The lowest BCUT2D eigenvalue weighted by molar-refractivity contribution is -0.140. The van der Waals surface area contributed by atoms with Gasteiger partial charge in [0.05, 0.1) is 26.3 Å². The van der Waals surface area contributed by atoms with E-state index in [2.05, 4.69) is 0 Å². The summed E-state index contributed by atoms with van der Waals surface area (Å²) < 4.78 is 10.9. The van der Waals surface area contributed by atoms with E-state index in [1.165, 1.54) is 0 Å². The molecular formula is C14H21ClN2O3. The van der Waals surface area contributed by atoms with Crippen molar-refractivity contribution in [3.63, 3.8) is 0 Å². The zero-order valence-corrected chi connectivity index (χ0v) is 12.6. The molecule has 0 spiro atoms. The van der Waals surface area contributed by atoms with Crippen LogP contribution in [0.1, 0.15) is 18.6 Å². The van der Waals surface area contributed by atoms with Crippen molar-refractivity contribution in [2.45, 2.75) is 19.1 Å². The molecule has 0 aliphatic carbocycles. The molecule has 5 nitrogen and oxygen atoms in total. The third kappa shape index (κ3) is 3.85. The highest BCUT2D eigenvalue weighted by Gasteiger charge is 2.26. The fraction of sp³-hybridized carbons (Fsp3) is 0.500. The zero-order valence-electron chi connectivity index (χ0n) is 11.7. The van der Waals surface area contributed by atoms with E-state index in [1.807, 2.05) is 24.3 Å². The van der Waals surface area contributed by atoms with Crippen molar-refractivity contribution in [3.05, 3.63) is 29.8 Å². The summed E-state index contributed by atoms with van der Waals surface area (Å²) in [4.78, 5) is 13.7. The predicted octanol–water partition coefficient (Wildman–Crippen LogP) is 1.36. The summed E-state index contributed by atoms with van der Waals surface area (Å²) in [5.41, 5.74) is 6.66. The molecule has 0 aromatic heterocycles. The van der Waals surface area contributed by atoms with E-state index < -0.39 is 6.04 Å². The number of ether oxygens (including phenoxy) is 2. The number of hydrogen-bond acceptors (Lipinski definition) is 4. The van der Waals surface area contributed by atoms with Gasteiger partial charge in [0.1, 0.15) is 11.9 Å². The van der Waals surface area contributed by atoms with E-state index in [-0.39, 0.29) is 24.4 Å². The average molecular weight is 301 g/mol. The van der Waals surface area contributed by atoms with Gasteiger partial charge in [-0.25, -0.2) is 0 Å². The second-order valence-electron chi connectivity index (χ2n) is 4.71. The number of halogens is 1. The maximum absolute atomic E-state index is 11.9. The highest BCUT2D eigenvalue weighted by Crippen LogP contribution is 2.25. The molecule has 1 saturated heterocycles. The molecule has 2 atom stereocenters. The first kappa shape index (κ1) is 16.8. The highest BCUT2D eigenvalue weighted by atomic mass is 35.5. The molecule has 1 fully saturated rings. The molecule has 1 aromatic rings. The number of hydrogen-bond donors (Lipinski definition) is 1. The Morgan fingerprint density at radius 3 is 2.95 bits per heavy atom. The normalized spacial score (nSPS) is 19.9. The second kappa shape index (κ2) is 7.47. The lowest BCUT2D eigenvalue weighted by atomic mass is 10.1. The number of nitrogens with zero attached hydrogens (tertiary/aromatic N) is 1. The van der Waals surface area contributed by atoms with Crippen LogP contribution in [0, 0.1) is 0 Å². The topological polar surface area (TPSA) is 64.8 Å². The first-order valence-corrected chi connectivity index (χ1v) is 6.41. The van der Waals surface area contributed by atoms with E-state index in [1.54, 1.807) is 18.9 Å². The first-order chi connectivity index (χ1) is 9.11. The Hall–Kier alpha value is -1.30. The summed E-state index contributed by atoms with van der Waals surface area (Å²) in [6.07, 6.45) is -0.119. The monoisotopic (exact) mass is 300 g/mol. The van der Waals surface area contributed by atoms with Crippen molar-refractivity contribution < 1.29 is 14.3 Å². The molecule has 1 aliphatic rings. The largest absolute Gasteiger partial charge is 0.497 e. The van der Waals surface area contributed by atoms with Gasteiger partial charge in [0.25, 0.3) is 0 Å². The molecule has 1 amide bonds. The van der Waals surface area contributed by atoms with Crippen LogP contribution in [0.4, 0.5) is 0 Å². The molecule has 112 valence electrons. The fourth-order valence-corrected chi connectivity index (χ4v) is 2.18. The minimum Gasteiger partial charge on any atom is -0.497 e. The predicted molar refractivity (Wildman–Crippen MR) is 79.2 cm³/mol. The number of benzene rings is 1. The van der Waals surface area contributed by atoms with Crippen molar-refractivity contribution >= 4 is 18.3 Å². The molecule has 6 heteroatoms. The summed E-state index contributed by atoms with van der Waals surface area (Å²) >= 11 is 0. The highest BCUT2D eigenvalue weighted by molar-refractivity contribution is 5.85. The molecule has 1 heterocycles. The lowest BCUT2D eigenvalue weighted by Gasteiger charge is -2.34. The number of rotatable bonds is 3. The van der Waals surface area contributed by atoms with E-state index >= 15 is 0 Å². The van der Waals surface area contributed by atoms with Crippen molar-refractivity contribution in [2.75, 3.05) is 26.8 Å². The van der Waals surface area contributed by atoms with Gasteiger partial charge in [-0.3, -0.25) is 4.79 Å². The summed E-state index contributed by atoms with van der Waals surface area (Å²) in [6.45, 7) is 3.37. The lowest BCUT2D eigenvalue weighted by Crippen LogP contribution is -2.48. The number of carbonyl (C=O) groups excluding carboxylic acids is 1. The zero-order chi connectivity index (χ0) is 13.8. The molecule has 20 heavy (non-hydrogen) atoms. The maximum Gasteiger partial charge on any atom is 0.239 e. The number of amides is 1. The van der Waals surface area contributed by atoms with Gasteiger partial charge in [-0.05, 0) is 24.6 Å². The number of methoxy groups -OCH3 is 1. The summed E-state index contributed by atoms with van der Waals surface area (Å²) in [5, 5.41) is 0. The van der Waals surface area contributed by atoms with Crippen molar-refractivity contribution in [1.29, 1.82) is 0 Å². The molecular weight excluding hydrogens is 280 g/mol. The van der Waals surface area contributed by atoms with Gasteiger partial charge in [0.2, 0.25) is 5.91 Å². The van der Waals surface area contributed by atoms with E-state index in [9.17, 15) is 4.79 Å². The molecule has 2 unspecified atom stereocenters. The van der Waals surface area contributed by atoms with Crippen LogP contribution in [0.5, 0.6) is 5.75 Å². The van der Waals surface area contributed by atoms with Crippen LogP contribution >= 0.6 is 12.4 Å². The van der Waals surface area contributed by atoms with Crippen LogP contribution in [0.15, 0.2) is 24.3 Å². The molecule has 2 N–H and O–H groups in total. The second-order valence-corrected chi connectivity index (χ2v) is 4.71. The van der Waals surface area contributed by atoms with Crippen LogP contribution < -0.4 is 10.5 Å². The standard InChI is InChI=1S/C14H20N2O3.ClH/c1-10(15)14(17)16-6-7-19-13(9-16)11-4-3-5-12(8-11)18-2;/h3-5,8,10,13H,6-7,9,15H2,1-2H3;1H.